The van der Waals surface area contributed by atoms with E-state index in [9.17, 15) is 8.42 Å². The van der Waals surface area contributed by atoms with Crippen LogP contribution < -0.4 is 10.0 Å². The Balaban J connectivity index is 2.45. The molecule has 1 atom stereocenters. The van der Waals surface area contributed by atoms with Crippen LogP contribution in [0.1, 0.15) is 39.5 Å². The van der Waals surface area contributed by atoms with Gasteiger partial charge < -0.3 is 5.32 Å². The van der Waals surface area contributed by atoms with E-state index in [0.717, 1.165) is 38.8 Å². The standard InChI is InChI=1S/C12H27N3O2S/c1-3-8-15(9-4-2)18(16,17)14-11-12-6-5-7-13-10-12/h12-14H,3-11H2,1-2H3. The van der Waals surface area contributed by atoms with Gasteiger partial charge in [0.05, 0.1) is 0 Å². The monoisotopic (exact) mass is 277 g/mol. The lowest BCUT2D eigenvalue weighted by atomic mass is 10.0. The van der Waals surface area contributed by atoms with Crippen LogP contribution >= 0.6 is 0 Å². The first-order chi connectivity index (χ1) is 8.60. The third-order valence-corrected chi connectivity index (χ3v) is 4.82. The molecule has 0 aromatic heterocycles. The summed E-state index contributed by atoms with van der Waals surface area (Å²) in [7, 11) is -3.29. The Hall–Kier alpha value is -0.170. The lowest BCUT2D eigenvalue weighted by Crippen LogP contribution is -2.45. The van der Waals surface area contributed by atoms with E-state index in [1.165, 1.54) is 0 Å². The van der Waals surface area contributed by atoms with Gasteiger partial charge in [-0.15, -0.1) is 0 Å². The van der Waals surface area contributed by atoms with Gasteiger partial charge in [-0.2, -0.15) is 12.7 Å². The lowest BCUT2D eigenvalue weighted by Gasteiger charge is -2.26. The first-order valence-corrected chi connectivity index (χ1v) is 8.49. The first-order valence-electron chi connectivity index (χ1n) is 7.05. The van der Waals surface area contributed by atoms with Crippen LogP contribution in [0.3, 0.4) is 0 Å². The number of piperidine rings is 1. The summed E-state index contributed by atoms with van der Waals surface area (Å²) in [6, 6.07) is 0. The van der Waals surface area contributed by atoms with Gasteiger partial charge in [0.15, 0.2) is 0 Å². The van der Waals surface area contributed by atoms with Crippen LogP contribution in [0, 0.1) is 5.92 Å². The van der Waals surface area contributed by atoms with E-state index in [-0.39, 0.29) is 0 Å². The molecular formula is C12H27N3O2S. The molecule has 0 spiro atoms. The second kappa shape index (κ2) is 8.09. The molecule has 1 saturated heterocycles. The normalized spacial score (nSPS) is 21.4. The topological polar surface area (TPSA) is 61.4 Å². The highest BCUT2D eigenvalue weighted by atomic mass is 32.2. The Bertz CT molecular complexity index is 307. The van der Waals surface area contributed by atoms with Crippen LogP contribution in [-0.4, -0.2) is 45.4 Å². The lowest BCUT2D eigenvalue weighted by molar-refractivity contribution is 0.362. The molecule has 2 N–H and O–H groups in total. The first kappa shape index (κ1) is 15.9. The Labute approximate surface area is 112 Å². The summed E-state index contributed by atoms with van der Waals surface area (Å²) >= 11 is 0. The van der Waals surface area contributed by atoms with Crippen LogP contribution in [0.2, 0.25) is 0 Å². The molecule has 1 heterocycles. The fraction of sp³-hybridized carbons (Fsp3) is 1.00. The van der Waals surface area contributed by atoms with Crippen molar-refractivity contribution in [3.63, 3.8) is 0 Å². The Morgan fingerprint density at radius 2 is 1.94 bits per heavy atom. The average molecular weight is 277 g/mol. The van der Waals surface area contributed by atoms with E-state index in [1.54, 1.807) is 4.31 Å². The van der Waals surface area contributed by atoms with Crippen LogP contribution in [0.25, 0.3) is 0 Å². The third-order valence-electron chi connectivity index (χ3n) is 3.24. The highest BCUT2D eigenvalue weighted by molar-refractivity contribution is 7.87. The predicted molar refractivity (Wildman–Crippen MR) is 74.7 cm³/mol. The number of hydrogen-bond donors (Lipinski definition) is 2. The average Bonchev–Trinajstić information content (AvgIpc) is 2.37. The molecule has 0 bridgehead atoms. The van der Waals surface area contributed by atoms with Crippen LogP contribution in [0.4, 0.5) is 0 Å². The molecule has 0 aromatic carbocycles. The molecule has 1 aliphatic rings. The van der Waals surface area contributed by atoms with Crippen LogP contribution in [0.15, 0.2) is 0 Å². The van der Waals surface area contributed by atoms with E-state index >= 15 is 0 Å². The minimum atomic E-state index is -3.29. The molecule has 0 aliphatic carbocycles. The number of nitrogens with zero attached hydrogens (tertiary/aromatic N) is 1. The van der Waals surface area contributed by atoms with Crippen molar-refractivity contribution in [2.24, 2.45) is 5.92 Å². The Kier molecular flexibility index (Phi) is 7.14. The van der Waals surface area contributed by atoms with Crippen molar-refractivity contribution in [2.75, 3.05) is 32.7 Å². The van der Waals surface area contributed by atoms with Gasteiger partial charge in [-0.05, 0) is 44.7 Å². The molecule has 0 aromatic rings. The van der Waals surface area contributed by atoms with Crippen molar-refractivity contribution < 1.29 is 8.42 Å². The quantitative estimate of drug-likeness (QED) is 0.694. The summed E-state index contributed by atoms with van der Waals surface area (Å²) in [6.07, 6.45) is 3.95. The minimum absolute atomic E-state index is 0.429. The summed E-state index contributed by atoms with van der Waals surface area (Å²) in [5.74, 6) is 0.429. The van der Waals surface area contributed by atoms with Crippen LogP contribution in [0.5, 0.6) is 0 Å². The summed E-state index contributed by atoms with van der Waals surface area (Å²) in [5, 5.41) is 3.30. The van der Waals surface area contributed by atoms with E-state index in [1.807, 2.05) is 13.8 Å². The van der Waals surface area contributed by atoms with Gasteiger partial charge in [-0.1, -0.05) is 13.8 Å². The molecule has 0 radical (unpaired) electrons. The molecule has 1 fully saturated rings. The smallest absolute Gasteiger partial charge is 0.279 e. The van der Waals surface area contributed by atoms with Crippen molar-refractivity contribution >= 4 is 10.2 Å². The van der Waals surface area contributed by atoms with Crippen molar-refractivity contribution in [2.45, 2.75) is 39.5 Å². The van der Waals surface area contributed by atoms with Crippen LogP contribution in [-0.2, 0) is 10.2 Å². The van der Waals surface area contributed by atoms with Gasteiger partial charge >= 0.3 is 0 Å². The Morgan fingerprint density at radius 1 is 1.28 bits per heavy atom. The third kappa shape index (κ3) is 5.22. The zero-order valence-electron chi connectivity index (χ0n) is 11.6. The highest BCUT2D eigenvalue weighted by Crippen LogP contribution is 2.10. The van der Waals surface area contributed by atoms with Gasteiger partial charge in [-0.3, -0.25) is 0 Å². The molecule has 18 heavy (non-hydrogen) atoms. The minimum Gasteiger partial charge on any atom is -0.316 e. The molecule has 1 rings (SSSR count). The maximum absolute atomic E-state index is 12.1. The van der Waals surface area contributed by atoms with Crippen molar-refractivity contribution in [1.82, 2.24) is 14.3 Å². The maximum atomic E-state index is 12.1. The van der Waals surface area contributed by atoms with Crippen molar-refractivity contribution in [1.29, 1.82) is 0 Å². The molecule has 1 aliphatic heterocycles. The molecular weight excluding hydrogens is 250 g/mol. The second-order valence-electron chi connectivity index (χ2n) is 4.96. The second-order valence-corrected chi connectivity index (χ2v) is 6.72. The van der Waals surface area contributed by atoms with E-state index in [4.69, 9.17) is 0 Å². The fourth-order valence-electron chi connectivity index (χ4n) is 2.26. The predicted octanol–water partition coefficient (Wildman–Crippen LogP) is 0.942. The Morgan fingerprint density at radius 3 is 2.44 bits per heavy atom. The van der Waals surface area contributed by atoms with Gasteiger partial charge in [0.25, 0.3) is 10.2 Å². The number of nitrogens with one attached hydrogen (secondary N) is 2. The molecule has 108 valence electrons. The highest BCUT2D eigenvalue weighted by Gasteiger charge is 2.22. The molecule has 1 unspecified atom stereocenters. The van der Waals surface area contributed by atoms with E-state index in [2.05, 4.69) is 10.0 Å². The SMILES string of the molecule is CCCN(CCC)S(=O)(=O)NCC1CCCNC1. The summed E-state index contributed by atoms with van der Waals surface area (Å²) in [4.78, 5) is 0. The fourth-order valence-corrected chi connectivity index (χ4v) is 3.74. The molecule has 0 amide bonds. The largest absolute Gasteiger partial charge is 0.316 e. The number of rotatable bonds is 8. The van der Waals surface area contributed by atoms with Gasteiger partial charge in [0.2, 0.25) is 0 Å². The molecule has 6 heteroatoms. The van der Waals surface area contributed by atoms with E-state index in [0.29, 0.717) is 25.6 Å². The van der Waals surface area contributed by atoms with Crippen molar-refractivity contribution in [3.05, 3.63) is 0 Å². The zero-order valence-corrected chi connectivity index (χ0v) is 12.4. The van der Waals surface area contributed by atoms with Gasteiger partial charge in [-0.25, -0.2) is 4.72 Å². The number of hydrogen-bond acceptors (Lipinski definition) is 3. The summed E-state index contributed by atoms with van der Waals surface area (Å²) < 4.78 is 28.6. The zero-order chi connectivity index (χ0) is 13.4. The molecule has 0 saturated carbocycles. The van der Waals surface area contributed by atoms with Gasteiger partial charge in [0.1, 0.15) is 0 Å². The maximum Gasteiger partial charge on any atom is 0.279 e. The summed E-state index contributed by atoms with van der Waals surface area (Å²) in [5.41, 5.74) is 0. The summed E-state index contributed by atoms with van der Waals surface area (Å²) in [6.45, 7) is 7.75. The molecule has 5 nitrogen and oxygen atoms in total. The van der Waals surface area contributed by atoms with E-state index < -0.39 is 10.2 Å². The van der Waals surface area contributed by atoms with Gasteiger partial charge in [0, 0.05) is 19.6 Å². The van der Waals surface area contributed by atoms with Crippen molar-refractivity contribution in [3.8, 4) is 0 Å².